The molecule has 0 radical (unpaired) electrons. The molecule has 0 aliphatic rings. The third-order valence-corrected chi connectivity index (χ3v) is 3.14. The molecule has 3 heteroatoms. The van der Waals surface area contributed by atoms with Gasteiger partial charge in [-0.15, -0.1) is 0 Å². The Morgan fingerprint density at radius 1 is 1.38 bits per heavy atom. The van der Waals surface area contributed by atoms with Crippen molar-refractivity contribution in [2.75, 3.05) is 38.2 Å². The Balaban J connectivity index is 3.50. The van der Waals surface area contributed by atoms with E-state index in [0.29, 0.717) is 0 Å². The van der Waals surface area contributed by atoms with Crippen LogP contribution in [0, 0.1) is 5.92 Å². The van der Waals surface area contributed by atoms with Crippen LogP contribution in [0.4, 0.5) is 0 Å². The summed E-state index contributed by atoms with van der Waals surface area (Å²) in [6.45, 7) is 11.5. The lowest BCUT2D eigenvalue weighted by Gasteiger charge is -2.22. The van der Waals surface area contributed by atoms with Crippen LogP contribution in [-0.4, -0.2) is 43.1 Å². The van der Waals surface area contributed by atoms with Gasteiger partial charge in [0.15, 0.2) is 0 Å². The number of ether oxygens (including phenoxy) is 1. The zero-order valence-corrected chi connectivity index (χ0v) is 10.6. The molecule has 80 valence electrons. The van der Waals surface area contributed by atoms with Crippen LogP contribution >= 0.6 is 15.9 Å². The standard InChI is InChI=1S/C10H22BrNO/c1-4-12(6-7-13-5-2)9-10(3)8-11/h10H,4-9H2,1-3H3. The predicted octanol–water partition coefficient (Wildman–Crippen LogP) is 2.38. The highest BCUT2D eigenvalue weighted by molar-refractivity contribution is 9.09. The summed E-state index contributed by atoms with van der Waals surface area (Å²) in [5.41, 5.74) is 0. The zero-order valence-electron chi connectivity index (χ0n) is 9.05. The molecule has 13 heavy (non-hydrogen) atoms. The van der Waals surface area contributed by atoms with Gasteiger partial charge in [0.2, 0.25) is 0 Å². The normalized spacial score (nSPS) is 13.6. The van der Waals surface area contributed by atoms with Crippen LogP contribution in [0.25, 0.3) is 0 Å². The van der Waals surface area contributed by atoms with Gasteiger partial charge in [-0.05, 0) is 19.4 Å². The van der Waals surface area contributed by atoms with Crippen LogP contribution in [0.1, 0.15) is 20.8 Å². The largest absolute Gasteiger partial charge is 0.380 e. The molecular weight excluding hydrogens is 230 g/mol. The van der Waals surface area contributed by atoms with Crippen molar-refractivity contribution in [3.05, 3.63) is 0 Å². The highest BCUT2D eigenvalue weighted by Crippen LogP contribution is 2.03. The van der Waals surface area contributed by atoms with Gasteiger partial charge in [-0.25, -0.2) is 0 Å². The fourth-order valence-electron chi connectivity index (χ4n) is 1.21. The van der Waals surface area contributed by atoms with Gasteiger partial charge in [-0.3, -0.25) is 0 Å². The number of likely N-dealkylation sites (N-methyl/N-ethyl adjacent to an activating group) is 1. The molecule has 0 heterocycles. The molecule has 1 unspecified atom stereocenters. The van der Waals surface area contributed by atoms with E-state index in [9.17, 15) is 0 Å². The van der Waals surface area contributed by atoms with Crippen molar-refractivity contribution in [3.8, 4) is 0 Å². The number of nitrogens with zero attached hydrogens (tertiary/aromatic N) is 1. The van der Waals surface area contributed by atoms with Gasteiger partial charge in [0.05, 0.1) is 6.61 Å². The summed E-state index contributed by atoms with van der Waals surface area (Å²) in [5, 5.41) is 1.08. The molecule has 0 amide bonds. The predicted molar refractivity (Wildman–Crippen MR) is 61.6 cm³/mol. The average molecular weight is 252 g/mol. The van der Waals surface area contributed by atoms with E-state index in [-0.39, 0.29) is 0 Å². The molecule has 0 aromatic rings. The molecule has 1 atom stereocenters. The number of halogens is 1. The molecule has 0 aromatic carbocycles. The molecule has 0 saturated heterocycles. The minimum absolute atomic E-state index is 0.724. The summed E-state index contributed by atoms with van der Waals surface area (Å²) in [6.07, 6.45) is 0. The summed E-state index contributed by atoms with van der Waals surface area (Å²) in [5.74, 6) is 0.724. The molecule has 0 aliphatic carbocycles. The Hall–Kier alpha value is 0.400. The molecule has 0 spiro atoms. The van der Waals surface area contributed by atoms with E-state index in [1.54, 1.807) is 0 Å². The first-order valence-corrected chi connectivity index (χ1v) is 6.22. The molecule has 2 nitrogen and oxygen atoms in total. The van der Waals surface area contributed by atoms with Crippen molar-refractivity contribution in [3.63, 3.8) is 0 Å². The lowest BCUT2D eigenvalue weighted by molar-refractivity contribution is 0.111. The maximum absolute atomic E-state index is 5.33. The molecule has 0 N–H and O–H groups in total. The van der Waals surface area contributed by atoms with E-state index in [1.165, 1.54) is 0 Å². The van der Waals surface area contributed by atoms with Crippen LogP contribution in [0.2, 0.25) is 0 Å². The van der Waals surface area contributed by atoms with Gasteiger partial charge in [0, 0.05) is 25.0 Å². The number of alkyl halides is 1. The fraction of sp³-hybridized carbons (Fsp3) is 1.00. The lowest BCUT2D eigenvalue weighted by atomic mass is 10.2. The average Bonchev–Trinajstić information content (AvgIpc) is 2.16. The zero-order chi connectivity index (χ0) is 10.1. The summed E-state index contributed by atoms with van der Waals surface area (Å²) < 4.78 is 5.33. The first-order valence-electron chi connectivity index (χ1n) is 5.10. The maximum atomic E-state index is 5.33. The molecule has 0 rings (SSSR count). The van der Waals surface area contributed by atoms with Crippen LogP contribution in [0.3, 0.4) is 0 Å². The second-order valence-electron chi connectivity index (χ2n) is 3.35. The third-order valence-electron chi connectivity index (χ3n) is 2.04. The Labute approximate surface area is 90.8 Å². The van der Waals surface area contributed by atoms with Crippen molar-refractivity contribution >= 4 is 15.9 Å². The highest BCUT2D eigenvalue weighted by Gasteiger charge is 2.06. The van der Waals surface area contributed by atoms with Gasteiger partial charge in [-0.2, -0.15) is 0 Å². The minimum atomic E-state index is 0.724. The van der Waals surface area contributed by atoms with Gasteiger partial charge >= 0.3 is 0 Å². The molecule has 0 saturated carbocycles. The van der Waals surface area contributed by atoms with Crippen LogP contribution in [0.15, 0.2) is 0 Å². The Kier molecular flexibility index (Phi) is 9.25. The Morgan fingerprint density at radius 3 is 2.54 bits per heavy atom. The lowest BCUT2D eigenvalue weighted by Crippen LogP contribution is -2.32. The summed E-state index contributed by atoms with van der Waals surface area (Å²) in [7, 11) is 0. The first-order chi connectivity index (χ1) is 6.24. The smallest absolute Gasteiger partial charge is 0.0593 e. The summed E-state index contributed by atoms with van der Waals surface area (Å²) >= 11 is 3.50. The quantitative estimate of drug-likeness (QED) is 0.485. The van der Waals surface area contributed by atoms with Crippen molar-refractivity contribution < 1.29 is 4.74 Å². The monoisotopic (exact) mass is 251 g/mol. The van der Waals surface area contributed by atoms with Gasteiger partial charge in [-0.1, -0.05) is 29.8 Å². The van der Waals surface area contributed by atoms with Crippen molar-refractivity contribution in [1.29, 1.82) is 0 Å². The molecule has 0 bridgehead atoms. The third kappa shape index (κ3) is 7.47. The Bertz CT molecular complexity index is 111. The number of hydrogen-bond donors (Lipinski definition) is 0. The van der Waals surface area contributed by atoms with Crippen LogP contribution in [-0.2, 0) is 4.74 Å². The number of hydrogen-bond acceptors (Lipinski definition) is 2. The topological polar surface area (TPSA) is 12.5 Å². The summed E-state index contributed by atoms with van der Waals surface area (Å²) in [6, 6.07) is 0. The van der Waals surface area contributed by atoms with Crippen LogP contribution < -0.4 is 0 Å². The second kappa shape index (κ2) is 8.97. The summed E-state index contributed by atoms with van der Waals surface area (Å²) in [4.78, 5) is 2.43. The van der Waals surface area contributed by atoms with E-state index < -0.39 is 0 Å². The number of rotatable bonds is 8. The van der Waals surface area contributed by atoms with Gasteiger partial charge < -0.3 is 9.64 Å². The maximum Gasteiger partial charge on any atom is 0.0593 e. The van der Waals surface area contributed by atoms with E-state index in [2.05, 4.69) is 34.7 Å². The molecular formula is C10H22BrNO. The SMILES string of the molecule is CCOCCN(CC)CC(C)CBr. The molecule has 0 aromatic heterocycles. The molecule has 0 aliphatic heterocycles. The van der Waals surface area contributed by atoms with Gasteiger partial charge in [0.1, 0.15) is 0 Å². The van der Waals surface area contributed by atoms with E-state index in [1.807, 2.05) is 6.92 Å². The Morgan fingerprint density at radius 2 is 2.08 bits per heavy atom. The second-order valence-corrected chi connectivity index (χ2v) is 4.00. The minimum Gasteiger partial charge on any atom is -0.380 e. The van der Waals surface area contributed by atoms with Gasteiger partial charge in [0.25, 0.3) is 0 Å². The fourth-order valence-corrected chi connectivity index (χ4v) is 1.41. The van der Waals surface area contributed by atoms with Crippen molar-refractivity contribution in [1.82, 2.24) is 4.90 Å². The first kappa shape index (κ1) is 13.4. The van der Waals surface area contributed by atoms with Crippen molar-refractivity contribution in [2.45, 2.75) is 20.8 Å². The van der Waals surface area contributed by atoms with Crippen molar-refractivity contribution in [2.24, 2.45) is 5.92 Å². The van der Waals surface area contributed by atoms with E-state index >= 15 is 0 Å². The van der Waals surface area contributed by atoms with E-state index in [0.717, 1.165) is 44.1 Å². The molecule has 0 fully saturated rings. The van der Waals surface area contributed by atoms with Crippen LogP contribution in [0.5, 0.6) is 0 Å². The highest BCUT2D eigenvalue weighted by atomic mass is 79.9. The van der Waals surface area contributed by atoms with E-state index in [4.69, 9.17) is 4.74 Å².